The number of rotatable bonds is 6. The molecule has 0 spiro atoms. The fourth-order valence-electron chi connectivity index (χ4n) is 3.12. The Morgan fingerprint density at radius 1 is 1.33 bits per heavy atom. The predicted octanol–water partition coefficient (Wildman–Crippen LogP) is 3.07. The van der Waals surface area contributed by atoms with Gasteiger partial charge in [-0.05, 0) is 31.0 Å². The maximum Gasteiger partial charge on any atom is 0.339 e. The Kier molecular flexibility index (Phi) is 5.46. The van der Waals surface area contributed by atoms with Crippen molar-refractivity contribution in [3.05, 3.63) is 40.3 Å². The topological polar surface area (TPSA) is 95.9 Å². The number of carboxylic acids is 1. The molecule has 3 rings (SSSR count). The minimum atomic E-state index is -1.05. The van der Waals surface area contributed by atoms with Crippen molar-refractivity contribution in [1.29, 1.82) is 0 Å². The van der Waals surface area contributed by atoms with Gasteiger partial charge in [-0.15, -0.1) is 11.3 Å². The molecule has 2 amide bonds. The van der Waals surface area contributed by atoms with Crippen LogP contribution in [0, 0.1) is 6.92 Å². The quantitative estimate of drug-likeness (QED) is 0.793. The summed E-state index contributed by atoms with van der Waals surface area (Å²) in [5.41, 5.74) is 1.52. The van der Waals surface area contributed by atoms with Gasteiger partial charge in [0.05, 0.1) is 11.3 Å². The van der Waals surface area contributed by atoms with Crippen LogP contribution in [0.1, 0.15) is 34.1 Å². The van der Waals surface area contributed by atoms with Gasteiger partial charge in [0.15, 0.2) is 6.61 Å². The first kappa shape index (κ1) is 18.9. The van der Waals surface area contributed by atoms with Crippen LogP contribution >= 0.6 is 11.3 Å². The van der Waals surface area contributed by atoms with E-state index in [4.69, 9.17) is 4.74 Å². The Morgan fingerprint density at radius 2 is 2.07 bits per heavy atom. The molecule has 0 unspecified atom stereocenters. The van der Waals surface area contributed by atoms with E-state index in [2.05, 4.69) is 5.32 Å². The van der Waals surface area contributed by atoms with Crippen LogP contribution in [-0.4, -0.2) is 36.0 Å². The van der Waals surface area contributed by atoms with Crippen molar-refractivity contribution < 1.29 is 24.2 Å². The Labute approximate surface area is 160 Å². The highest BCUT2D eigenvalue weighted by Gasteiger charge is 2.26. The SMILES string of the molecule is CCc1c(C)sc(NC(=O)CCN2C(=O)COc3ccccc32)c1C(=O)O. The van der Waals surface area contributed by atoms with Gasteiger partial charge in [0.25, 0.3) is 5.91 Å². The number of hydrogen-bond acceptors (Lipinski definition) is 5. The highest BCUT2D eigenvalue weighted by molar-refractivity contribution is 7.16. The summed E-state index contributed by atoms with van der Waals surface area (Å²) in [7, 11) is 0. The highest BCUT2D eigenvalue weighted by Crippen LogP contribution is 2.34. The number of carbonyl (C=O) groups is 3. The molecule has 2 N–H and O–H groups in total. The summed E-state index contributed by atoms with van der Waals surface area (Å²) in [5, 5.41) is 12.5. The first-order chi connectivity index (χ1) is 12.9. The van der Waals surface area contributed by atoms with Crippen molar-refractivity contribution >= 4 is 39.8 Å². The Balaban J connectivity index is 1.71. The number of amides is 2. The van der Waals surface area contributed by atoms with Gasteiger partial charge in [0, 0.05) is 17.8 Å². The van der Waals surface area contributed by atoms with E-state index in [0.717, 1.165) is 10.4 Å². The third-order valence-electron chi connectivity index (χ3n) is 4.40. The highest BCUT2D eigenvalue weighted by atomic mass is 32.1. The fraction of sp³-hybridized carbons (Fsp3) is 0.316. The Morgan fingerprint density at radius 3 is 2.78 bits per heavy atom. The second kappa shape index (κ2) is 7.79. The standard InChI is InChI=1S/C19H20N2O5S/c1-3-12-11(2)27-18(17(12)19(24)25)20-15(22)8-9-21-13-6-4-5-7-14(13)26-10-16(21)23/h4-7H,3,8-10H2,1-2H3,(H,20,22)(H,24,25). The number of aryl methyl sites for hydroxylation is 1. The number of anilines is 2. The maximum absolute atomic E-state index is 12.4. The molecule has 0 saturated carbocycles. The van der Waals surface area contributed by atoms with Gasteiger partial charge in [-0.25, -0.2) is 4.79 Å². The number of aromatic carboxylic acids is 1. The fourth-order valence-corrected chi connectivity index (χ4v) is 4.27. The Hall–Kier alpha value is -2.87. The van der Waals surface area contributed by atoms with Gasteiger partial charge in [0.2, 0.25) is 5.91 Å². The lowest BCUT2D eigenvalue weighted by atomic mass is 10.1. The largest absolute Gasteiger partial charge is 0.482 e. The molecule has 1 aliphatic heterocycles. The van der Waals surface area contributed by atoms with E-state index in [1.54, 1.807) is 18.2 Å². The first-order valence-corrected chi connectivity index (χ1v) is 9.41. The minimum absolute atomic E-state index is 0.0531. The molecule has 7 nitrogen and oxygen atoms in total. The monoisotopic (exact) mass is 388 g/mol. The van der Waals surface area contributed by atoms with E-state index < -0.39 is 5.97 Å². The molecule has 0 atom stereocenters. The number of carboxylic acid groups (broad SMARTS) is 1. The lowest BCUT2D eigenvalue weighted by molar-refractivity contribution is -0.121. The van der Waals surface area contributed by atoms with Gasteiger partial charge in [-0.3, -0.25) is 9.59 Å². The number of hydrogen-bond donors (Lipinski definition) is 2. The minimum Gasteiger partial charge on any atom is -0.482 e. The van der Waals surface area contributed by atoms with E-state index in [1.165, 1.54) is 16.2 Å². The molecule has 0 radical (unpaired) electrons. The van der Waals surface area contributed by atoms with E-state index >= 15 is 0 Å². The van der Waals surface area contributed by atoms with Crippen LogP contribution in [0.5, 0.6) is 5.75 Å². The summed E-state index contributed by atoms with van der Waals surface area (Å²) in [6.07, 6.45) is 0.635. The van der Waals surface area contributed by atoms with E-state index in [1.807, 2.05) is 19.9 Å². The number of nitrogens with zero attached hydrogens (tertiary/aromatic N) is 1. The molecule has 0 saturated heterocycles. The lowest BCUT2D eigenvalue weighted by Crippen LogP contribution is -2.40. The number of benzene rings is 1. The van der Waals surface area contributed by atoms with Crippen LogP contribution in [-0.2, 0) is 16.0 Å². The van der Waals surface area contributed by atoms with Crippen molar-refractivity contribution in [1.82, 2.24) is 0 Å². The molecule has 2 aromatic rings. The van der Waals surface area contributed by atoms with Crippen LogP contribution in [0.25, 0.3) is 0 Å². The zero-order valence-electron chi connectivity index (χ0n) is 15.1. The number of fused-ring (bicyclic) bond motifs is 1. The maximum atomic E-state index is 12.4. The third-order valence-corrected chi connectivity index (χ3v) is 5.46. The molecule has 27 heavy (non-hydrogen) atoms. The molecule has 0 bridgehead atoms. The van der Waals surface area contributed by atoms with Gasteiger partial charge >= 0.3 is 5.97 Å². The molecule has 1 aromatic carbocycles. The van der Waals surface area contributed by atoms with Crippen molar-refractivity contribution in [3.8, 4) is 5.75 Å². The second-order valence-electron chi connectivity index (χ2n) is 6.10. The molecule has 142 valence electrons. The van der Waals surface area contributed by atoms with Gasteiger partial charge in [-0.1, -0.05) is 19.1 Å². The zero-order chi connectivity index (χ0) is 19.6. The number of carbonyl (C=O) groups excluding carboxylic acids is 2. The zero-order valence-corrected chi connectivity index (χ0v) is 15.9. The smallest absolute Gasteiger partial charge is 0.339 e. The van der Waals surface area contributed by atoms with Crippen LogP contribution in [0.2, 0.25) is 0 Å². The van der Waals surface area contributed by atoms with Crippen molar-refractivity contribution in [2.45, 2.75) is 26.7 Å². The van der Waals surface area contributed by atoms with Gasteiger partial charge < -0.3 is 20.1 Å². The normalized spacial score (nSPS) is 13.1. The van der Waals surface area contributed by atoms with Crippen molar-refractivity contribution in [2.75, 3.05) is 23.4 Å². The number of ether oxygens (including phenoxy) is 1. The molecule has 1 aromatic heterocycles. The summed E-state index contributed by atoms with van der Waals surface area (Å²) in [6.45, 7) is 3.85. The van der Waals surface area contributed by atoms with Crippen LogP contribution in [0.3, 0.4) is 0 Å². The predicted molar refractivity (Wildman–Crippen MR) is 103 cm³/mol. The number of thiophene rings is 1. The lowest BCUT2D eigenvalue weighted by Gasteiger charge is -2.29. The molecule has 0 fully saturated rings. The molecule has 0 aliphatic carbocycles. The van der Waals surface area contributed by atoms with Crippen LogP contribution in [0.4, 0.5) is 10.7 Å². The third kappa shape index (κ3) is 3.80. The summed E-state index contributed by atoms with van der Waals surface area (Å²) in [4.78, 5) is 38.5. The summed E-state index contributed by atoms with van der Waals surface area (Å²) >= 11 is 1.26. The van der Waals surface area contributed by atoms with E-state index in [-0.39, 0.29) is 37.0 Å². The van der Waals surface area contributed by atoms with Gasteiger partial charge in [-0.2, -0.15) is 0 Å². The van der Waals surface area contributed by atoms with E-state index in [0.29, 0.717) is 22.9 Å². The first-order valence-electron chi connectivity index (χ1n) is 8.60. The van der Waals surface area contributed by atoms with Crippen LogP contribution < -0.4 is 15.0 Å². The summed E-state index contributed by atoms with van der Waals surface area (Å²) in [5.74, 6) is -0.998. The second-order valence-corrected chi connectivity index (χ2v) is 7.32. The molecular weight excluding hydrogens is 368 g/mol. The number of para-hydroxylation sites is 2. The number of nitrogens with one attached hydrogen (secondary N) is 1. The van der Waals surface area contributed by atoms with Crippen LogP contribution in [0.15, 0.2) is 24.3 Å². The van der Waals surface area contributed by atoms with E-state index in [9.17, 15) is 19.5 Å². The average molecular weight is 388 g/mol. The van der Waals surface area contributed by atoms with Crippen molar-refractivity contribution in [3.63, 3.8) is 0 Å². The Bertz CT molecular complexity index is 906. The molecule has 8 heteroatoms. The summed E-state index contributed by atoms with van der Waals surface area (Å²) < 4.78 is 5.38. The summed E-state index contributed by atoms with van der Waals surface area (Å²) in [6, 6.07) is 7.16. The molecule has 1 aliphatic rings. The molecule has 2 heterocycles. The van der Waals surface area contributed by atoms with Gasteiger partial charge in [0.1, 0.15) is 10.8 Å². The average Bonchev–Trinajstić information content (AvgIpc) is 2.95. The molecular formula is C19H20N2O5S. The van der Waals surface area contributed by atoms with Crippen molar-refractivity contribution in [2.24, 2.45) is 0 Å².